The highest BCUT2D eigenvalue weighted by Crippen LogP contribution is 2.23. The van der Waals surface area contributed by atoms with E-state index in [1.165, 1.54) is 0 Å². The first-order chi connectivity index (χ1) is 14.5. The summed E-state index contributed by atoms with van der Waals surface area (Å²) in [5.41, 5.74) is 0.914. The summed E-state index contributed by atoms with van der Waals surface area (Å²) in [6.45, 7) is 5.47. The van der Waals surface area contributed by atoms with E-state index in [2.05, 4.69) is 15.1 Å². The summed E-state index contributed by atoms with van der Waals surface area (Å²) in [4.78, 5) is 26.2. The van der Waals surface area contributed by atoms with Gasteiger partial charge in [0, 0.05) is 57.3 Å². The topological polar surface area (TPSA) is 105 Å². The van der Waals surface area contributed by atoms with Crippen molar-refractivity contribution in [2.75, 3.05) is 67.2 Å². The molecule has 0 saturated carbocycles. The van der Waals surface area contributed by atoms with E-state index in [9.17, 15) is 13.2 Å². The summed E-state index contributed by atoms with van der Waals surface area (Å²) in [7, 11) is -2.95. The van der Waals surface area contributed by atoms with E-state index in [0.29, 0.717) is 32.6 Å². The fraction of sp³-hybridized carbons (Fsp3) is 0.750. The van der Waals surface area contributed by atoms with Crippen LogP contribution in [0.15, 0.2) is 6.07 Å². The van der Waals surface area contributed by atoms with Gasteiger partial charge in [0.15, 0.2) is 9.84 Å². The van der Waals surface area contributed by atoms with Crippen LogP contribution in [0.4, 0.5) is 11.8 Å². The average molecular weight is 438 g/mol. The van der Waals surface area contributed by atoms with Crippen molar-refractivity contribution in [1.82, 2.24) is 15.3 Å². The Bertz CT molecular complexity index is 851. The monoisotopic (exact) mass is 437 g/mol. The Kier molecular flexibility index (Phi) is 6.72. The summed E-state index contributed by atoms with van der Waals surface area (Å²) in [6.07, 6.45) is 3.81. The number of rotatable bonds is 7. The molecule has 1 atom stereocenters. The lowest BCUT2D eigenvalue weighted by atomic mass is 10.1. The van der Waals surface area contributed by atoms with Crippen molar-refractivity contribution in [3.63, 3.8) is 0 Å². The Morgan fingerprint density at radius 3 is 2.60 bits per heavy atom. The van der Waals surface area contributed by atoms with E-state index in [4.69, 9.17) is 14.7 Å². The third kappa shape index (κ3) is 5.60. The van der Waals surface area contributed by atoms with Crippen molar-refractivity contribution in [3.8, 4) is 0 Å². The lowest BCUT2D eigenvalue weighted by Gasteiger charge is -2.29. The predicted molar refractivity (Wildman–Crippen MR) is 115 cm³/mol. The molecule has 1 aromatic rings. The second-order valence-electron chi connectivity index (χ2n) is 8.38. The molecule has 1 N–H and O–H groups in total. The Morgan fingerprint density at radius 2 is 1.90 bits per heavy atom. The highest BCUT2D eigenvalue weighted by molar-refractivity contribution is 7.91. The van der Waals surface area contributed by atoms with E-state index in [1.807, 2.05) is 6.07 Å². The van der Waals surface area contributed by atoms with Gasteiger partial charge in [0.05, 0.1) is 24.7 Å². The minimum Gasteiger partial charge on any atom is -0.378 e. The molecule has 1 aromatic heterocycles. The van der Waals surface area contributed by atoms with Crippen LogP contribution < -0.4 is 15.1 Å². The molecule has 3 aliphatic rings. The summed E-state index contributed by atoms with van der Waals surface area (Å²) >= 11 is 0. The van der Waals surface area contributed by atoms with E-state index < -0.39 is 9.84 Å². The third-order valence-electron chi connectivity index (χ3n) is 5.98. The van der Waals surface area contributed by atoms with Crippen molar-refractivity contribution in [1.29, 1.82) is 0 Å². The van der Waals surface area contributed by atoms with Gasteiger partial charge >= 0.3 is 0 Å². The number of amides is 1. The Labute approximate surface area is 178 Å². The number of hydrogen-bond acceptors (Lipinski definition) is 8. The number of hydrogen-bond donors (Lipinski definition) is 1. The van der Waals surface area contributed by atoms with Gasteiger partial charge in [0.2, 0.25) is 11.9 Å². The van der Waals surface area contributed by atoms with Gasteiger partial charge in [-0.05, 0) is 25.2 Å². The Morgan fingerprint density at radius 1 is 1.13 bits per heavy atom. The third-order valence-corrected chi connectivity index (χ3v) is 7.82. The van der Waals surface area contributed by atoms with E-state index in [-0.39, 0.29) is 29.8 Å². The Hall–Kier alpha value is -1.94. The molecule has 166 valence electrons. The molecular weight excluding hydrogens is 406 g/mol. The number of nitrogens with one attached hydrogen (secondary N) is 1. The van der Waals surface area contributed by atoms with Crippen LogP contribution in [0.25, 0.3) is 0 Å². The maximum atomic E-state index is 12.2. The average Bonchev–Trinajstić information content (AvgIpc) is 3.38. The van der Waals surface area contributed by atoms with Crippen molar-refractivity contribution >= 4 is 27.5 Å². The maximum absolute atomic E-state index is 12.2. The highest BCUT2D eigenvalue weighted by Gasteiger charge is 2.29. The van der Waals surface area contributed by atoms with Crippen molar-refractivity contribution in [3.05, 3.63) is 11.8 Å². The minimum atomic E-state index is -2.95. The maximum Gasteiger partial charge on any atom is 0.227 e. The number of ether oxygens (including phenoxy) is 1. The molecule has 30 heavy (non-hydrogen) atoms. The molecule has 1 unspecified atom stereocenters. The van der Waals surface area contributed by atoms with Crippen molar-refractivity contribution in [2.45, 2.75) is 32.1 Å². The number of morpholine rings is 1. The van der Waals surface area contributed by atoms with Crippen molar-refractivity contribution in [2.24, 2.45) is 5.92 Å². The van der Waals surface area contributed by atoms with Crippen LogP contribution in [0.3, 0.4) is 0 Å². The molecule has 0 radical (unpaired) electrons. The molecule has 9 nitrogen and oxygen atoms in total. The van der Waals surface area contributed by atoms with Crippen LogP contribution in [-0.4, -0.2) is 81.7 Å². The van der Waals surface area contributed by atoms with Gasteiger partial charge in [-0.3, -0.25) is 4.79 Å². The highest BCUT2D eigenvalue weighted by atomic mass is 32.2. The first kappa shape index (κ1) is 21.3. The largest absolute Gasteiger partial charge is 0.378 e. The van der Waals surface area contributed by atoms with Gasteiger partial charge < -0.3 is 19.9 Å². The van der Waals surface area contributed by atoms with E-state index in [0.717, 1.165) is 56.5 Å². The molecule has 3 saturated heterocycles. The number of anilines is 2. The summed E-state index contributed by atoms with van der Waals surface area (Å²) in [5.74, 6) is 1.90. The first-order valence-electron chi connectivity index (χ1n) is 10.9. The minimum absolute atomic E-state index is 0.0521. The summed E-state index contributed by atoms with van der Waals surface area (Å²) in [5, 5.41) is 2.93. The fourth-order valence-corrected chi connectivity index (χ4v) is 6.17. The fourth-order valence-electron chi connectivity index (χ4n) is 4.31. The zero-order valence-corrected chi connectivity index (χ0v) is 18.2. The van der Waals surface area contributed by atoms with Gasteiger partial charge in [-0.25, -0.2) is 13.4 Å². The predicted octanol–water partition coefficient (Wildman–Crippen LogP) is 0.397. The number of carbonyl (C=O) groups excluding carboxylic acids is 1. The Balaban J connectivity index is 1.36. The van der Waals surface area contributed by atoms with Crippen LogP contribution in [0.5, 0.6) is 0 Å². The molecule has 0 spiro atoms. The molecule has 1 amide bonds. The number of carbonyl (C=O) groups is 1. The van der Waals surface area contributed by atoms with Crippen LogP contribution >= 0.6 is 0 Å². The van der Waals surface area contributed by atoms with E-state index >= 15 is 0 Å². The molecule has 4 heterocycles. The molecule has 0 aliphatic carbocycles. The molecule has 10 heteroatoms. The van der Waals surface area contributed by atoms with Gasteiger partial charge in [0.25, 0.3) is 0 Å². The second kappa shape index (κ2) is 9.47. The lowest BCUT2D eigenvalue weighted by Crippen LogP contribution is -2.37. The van der Waals surface area contributed by atoms with Gasteiger partial charge in [-0.15, -0.1) is 0 Å². The molecular formula is C20H31N5O4S. The normalized spacial score (nSPS) is 23.7. The number of sulfone groups is 1. The van der Waals surface area contributed by atoms with Gasteiger partial charge in [0.1, 0.15) is 5.82 Å². The zero-order valence-electron chi connectivity index (χ0n) is 17.4. The summed E-state index contributed by atoms with van der Waals surface area (Å²) in [6, 6.07) is 2.01. The standard InChI is InChI=1S/C20H31N5O4S/c26-19(13-16-4-12-30(27,28)15-16)21-5-3-17-14-18(24-8-10-29-11-9-24)23-20(22-17)25-6-1-2-7-25/h14,16H,1-13,15H2,(H,21,26). The number of nitrogens with zero attached hydrogens (tertiary/aromatic N) is 4. The summed E-state index contributed by atoms with van der Waals surface area (Å²) < 4.78 is 28.6. The van der Waals surface area contributed by atoms with Crippen LogP contribution in [0, 0.1) is 5.92 Å². The van der Waals surface area contributed by atoms with Gasteiger partial charge in [-0.1, -0.05) is 0 Å². The quantitative estimate of drug-likeness (QED) is 0.654. The second-order valence-corrected chi connectivity index (χ2v) is 10.6. The first-order valence-corrected chi connectivity index (χ1v) is 12.7. The van der Waals surface area contributed by atoms with Crippen LogP contribution in [0.2, 0.25) is 0 Å². The van der Waals surface area contributed by atoms with Crippen LogP contribution in [0.1, 0.15) is 31.4 Å². The van der Waals surface area contributed by atoms with Crippen molar-refractivity contribution < 1.29 is 17.9 Å². The molecule has 4 rings (SSSR count). The SMILES string of the molecule is O=C(CC1CCS(=O)(=O)C1)NCCc1cc(N2CCOCC2)nc(N2CCCC2)n1. The molecule has 3 fully saturated rings. The van der Waals surface area contributed by atoms with Crippen LogP contribution in [-0.2, 0) is 25.8 Å². The number of aromatic nitrogens is 2. The van der Waals surface area contributed by atoms with E-state index in [1.54, 1.807) is 0 Å². The smallest absolute Gasteiger partial charge is 0.227 e. The zero-order chi connectivity index (χ0) is 21.0. The molecule has 3 aliphatic heterocycles. The lowest BCUT2D eigenvalue weighted by molar-refractivity contribution is -0.121. The molecule has 0 aromatic carbocycles. The molecule has 0 bridgehead atoms. The van der Waals surface area contributed by atoms with Gasteiger partial charge in [-0.2, -0.15) is 4.98 Å².